The average Bonchev–Trinajstić information content (AvgIpc) is 2.39. The topological polar surface area (TPSA) is 49.7 Å². The van der Waals surface area contributed by atoms with Crippen molar-refractivity contribution >= 4 is 24.2 Å². The van der Waals surface area contributed by atoms with Crippen molar-refractivity contribution in [2.75, 3.05) is 0 Å². The highest BCUT2D eigenvalue weighted by atomic mass is 35.5. The first kappa shape index (κ1) is 14.9. The normalized spacial score (nSPS) is 10.4. The van der Waals surface area contributed by atoms with Gasteiger partial charge in [-0.15, -0.1) is 0 Å². The number of halogens is 1. The lowest BCUT2D eigenvalue weighted by molar-refractivity contribution is 0.302. The van der Waals surface area contributed by atoms with Crippen molar-refractivity contribution in [1.29, 1.82) is 0 Å². The maximum Gasteiger partial charge on any atom is 0.488 e. The van der Waals surface area contributed by atoms with E-state index in [4.69, 9.17) is 16.3 Å². The molecule has 0 radical (unpaired) electrons. The molecule has 2 N–H and O–H groups in total. The molecule has 0 spiro atoms. The first-order valence-electron chi connectivity index (χ1n) is 6.32. The Balaban J connectivity index is 0.00000220. The second-order valence-electron chi connectivity index (χ2n) is 4.74. The van der Waals surface area contributed by atoms with Crippen LogP contribution in [0.2, 0.25) is 5.02 Å². The number of ether oxygens (including phenoxy) is 1. The molecule has 0 amide bonds. The molecule has 2 aromatic rings. The lowest BCUT2D eigenvalue weighted by Crippen LogP contribution is -2.30. The summed E-state index contributed by atoms with van der Waals surface area (Å²) in [6.07, 6.45) is 0. The predicted molar refractivity (Wildman–Crippen MR) is 85.8 cm³/mol. The third-order valence-corrected chi connectivity index (χ3v) is 3.48. The third-order valence-electron chi connectivity index (χ3n) is 3.11. The van der Waals surface area contributed by atoms with Crippen LogP contribution in [-0.2, 0) is 6.61 Å². The van der Waals surface area contributed by atoms with Gasteiger partial charge < -0.3 is 14.8 Å². The van der Waals surface area contributed by atoms with Gasteiger partial charge in [-0.1, -0.05) is 41.9 Å². The molecule has 0 saturated carbocycles. The van der Waals surface area contributed by atoms with Gasteiger partial charge in [0.2, 0.25) is 0 Å². The van der Waals surface area contributed by atoms with Crippen LogP contribution >= 0.6 is 11.6 Å². The van der Waals surface area contributed by atoms with Gasteiger partial charge in [0.05, 0.1) is 0 Å². The second-order valence-corrected chi connectivity index (χ2v) is 5.14. The van der Waals surface area contributed by atoms with Crippen LogP contribution in [0.4, 0.5) is 0 Å². The maximum atomic E-state index is 9.21. The van der Waals surface area contributed by atoms with Crippen LogP contribution in [0, 0.1) is 13.8 Å². The molecule has 0 aromatic heterocycles. The largest absolute Gasteiger partial charge is 0.488 e. The molecule has 3 nitrogen and oxygen atoms in total. The van der Waals surface area contributed by atoms with Gasteiger partial charge in [0.1, 0.15) is 12.4 Å². The van der Waals surface area contributed by atoms with Gasteiger partial charge in [-0.05, 0) is 36.5 Å². The van der Waals surface area contributed by atoms with Crippen molar-refractivity contribution < 1.29 is 17.6 Å². The van der Waals surface area contributed by atoms with Crippen LogP contribution in [-0.4, -0.2) is 17.2 Å². The fraction of sp³-hybridized carbons (Fsp3) is 0.200. The quantitative estimate of drug-likeness (QED) is 0.853. The van der Waals surface area contributed by atoms with Crippen molar-refractivity contribution in [3.05, 3.63) is 58.1 Å². The number of aryl methyl sites for hydroxylation is 2. The zero-order valence-corrected chi connectivity index (χ0v) is 12.2. The Bertz CT molecular complexity index is 600. The van der Waals surface area contributed by atoms with Crippen LogP contribution in [0.3, 0.4) is 0 Å². The Labute approximate surface area is 126 Å². The van der Waals surface area contributed by atoms with Gasteiger partial charge in [0, 0.05) is 13.4 Å². The molecule has 2 rings (SSSR count). The van der Waals surface area contributed by atoms with E-state index < -0.39 is 7.12 Å². The minimum atomic E-state index is -1.47. The van der Waals surface area contributed by atoms with E-state index in [0.717, 1.165) is 22.4 Å². The molecule has 0 aliphatic heterocycles. The SMILES string of the molecule is Cc1cc(B(O)O)cc(C)c1OCc1ccccc1Cl.[HH].[HH]. The summed E-state index contributed by atoms with van der Waals surface area (Å²) in [5.41, 5.74) is 3.10. The maximum absolute atomic E-state index is 9.21. The molecule has 0 saturated heterocycles. The summed E-state index contributed by atoms with van der Waals surface area (Å²) in [4.78, 5) is 0. The first-order valence-corrected chi connectivity index (χ1v) is 6.70. The van der Waals surface area contributed by atoms with Gasteiger partial charge in [-0.3, -0.25) is 0 Å². The summed E-state index contributed by atoms with van der Waals surface area (Å²) in [6, 6.07) is 10.9. The van der Waals surface area contributed by atoms with E-state index in [0.29, 0.717) is 17.1 Å². The Morgan fingerprint density at radius 1 is 1.15 bits per heavy atom. The lowest BCUT2D eigenvalue weighted by atomic mass is 9.78. The van der Waals surface area contributed by atoms with Crippen molar-refractivity contribution in [1.82, 2.24) is 0 Å². The fourth-order valence-corrected chi connectivity index (χ4v) is 2.32. The average molecular weight is 295 g/mol. The molecule has 0 bridgehead atoms. The van der Waals surface area contributed by atoms with E-state index >= 15 is 0 Å². The lowest BCUT2D eigenvalue weighted by Gasteiger charge is -2.14. The van der Waals surface area contributed by atoms with E-state index in [1.54, 1.807) is 12.1 Å². The van der Waals surface area contributed by atoms with E-state index in [-0.39, 0.29) is 2.85 Å². The molecular weight excluding hydrogens is 274 g/mol. The Morgan fingerprint density at radius 2 is 1.75 bits per heavy atom. The number of benzene rings is 2. The summed E-state index contributed by atoms with van der Waals surface area (Å²) in [6.45, 7) is 4.13. The van der Waals surface area contributed by atoms with Crippen molar-refractivity contribution in [3.8, 4) is 5.75 Å². The van der Waals surface area contributed by atoms with Crippen LogP contribution in [0.25, 0.3) is 0 Å². The molecule has 2 aromatic carbocycles. The Kier molecular flexibility index (Phi) is 4.71. The van der Waals surface area contributed by atoms with Crippen LogP contribution in [0.1, 0.15) is 19.5 Å². The summed E-state index contributed by atoms with van der Waals surface area (Å²) in [5.74, 6) is 0.745. The molecule has 0 unspecified atom stereocenters. The molecule has 5 heteroatoms. The van der Waals surface area contributed by atoms with Gasteiger partial charge in [-0.25, -0.2) is 0 Å². The van der Waals surface area contributed by atoms with Gasteiger partial charge in [-0.2, -0.15) is 0 Å². The molecule has 0 atom stereocenters. The highest BCUT2D eigenvalue weighted by Gasteiger charge is 2.15. The smallest absolute Gasteiger partial charge is 0.488 e. The first-order chi connectivity index (χ1) is 9.49. The minimum Gasteiger partial charge on any atom is -0.488 e. The highest BCUT2D eigenvalue weighted by Crippen LogP contribution is 2.24. The van der Waals surface area contributed by atoms with Gasteiger partial charge >= 0.3 is 7.12 Å². The monoisotopic (exact) mass is 294 g/mol. The number of hydrogen-bond acceptors (Lipinski definition) is 3. The predicted octanol–water partition coefficient (Wildman–Crippen LogP) is 2.71. The molecule has 20 heavy (non-hydrogen) atoms. The Hall–Kier alpha value is -1.49. The Morgan fingerprint density at radius 3 is 2.30 bits per heavy atom. The van der Waals surface area contributed by atoms with E-state index in [1.165, 1.54) is 0 Å². The van der Waals surface area contributed by atoms with Crippen molar-refractivity contribution in [2.45, 2.75) is 20.5 Å². The van der Waals surface area contributed by atoms with Gasteiger partial charge in [0.25, 0.3) is 0 Å². The van der Waals surface area contributed by atoms with Gasteiger partial charge in [0.15, 0.2) is 0 Å². The van der Waals surface area contributed by atoms with E-state index in [1.807, 2.05) is 38.1 Å². The molecule has 0 heterocycles. The van der Waals surface area contributed by atoms with Crippen LogP contribution in [0.15, 0.2) is 36.4 Å². The molecular formula is C15H20BClO3. The van der Waals surface area contributed by atoms with E-state index in [9.17, 15) is 10.0 Å². The summed E-state index contributed by atoms with van der Waals surface area (Å²) in [7, 11) is -1.47. The molecule has 0 aliphatic rings. The molecule has 0 fully saturated rings. The zero-order valence-electron chi connectivity index (χ0n) is 11.4. The van der Waals surface area contributed by atoms with Crippen LogP contribution in [0.5, 0.6) is 5.75 Å². The molecule has 0 aliphatic carbocycles. The number of hydrogen-bond donors (Lipinski definition) is 2. The molecule has 108 valence electrons. The summed E-state index contributed by atoms with van der Waals surface area (Å²) >= 11 is 6.09. The van der Waals surface area contributed by atoms with E-state index in [2.05, 4.69) is 0 Å². The zero-order chi connectivity index (χ0) is 14.7. The van der Waals surface area contributed by atoms with Crippen molar-refractivity contribution in [3.63, 3.8) is 0 Å². The van der Waals surface area contributed by atoms with Crippen molar-refractivity contribution in [2.24, 2.45) is 0 Å². The standard InChI is InChI=1S/C15H16BClO3.2H2/c1-10-7-13(16(18)19)8-11(2)15(10)20-9-12-5-3-4-6-14(12)17;;/h3-8,18-19H,9H2,1-2H3;2*1H. The number of rotatable bonds is 4. The highest BCUT2D eigenvalue weighted by molar-refractivity contribution is 6.58. The fourth-order valence-electron chi connectivity index (χ4n) is 2.13. The minimum absolute atomic E-state index is 0. The summed E-state index contributed by atoms with van der Waals surface area (Å²) < 4.78 is 5.82. The van der Waals surface area contributed by atoms with Crippen LogP contribution < -0.4 is 10.2 Å². The third kappa shape index (κ3) is 3.34. The summed E-state index contributed by atoms with van der Waals surface area (Å²) in [5, 5.41) is 19.1. The second kappa shape index (κ2) is 6.31.